The summed E-state index contributed by atoms with van der Waals surface area (Å²) in [5, 5.41) is 9.23. The minimum atomic E-state index is -1.02. The molecule has 0 saturated heterocycles. The molecule has 3 nitrogen and oxygen atoms in total. The number of carbonyl (C=O) groups is 1. The smallest absolute Gasteiger partial charge is 0.317 e. The van der Waals surface area contributed by atoms with Crippen LogP contribution in [0.15, 0.2) is 12.1 Å². The maximum absolute atomic E-state index is 13.7. The molecule has 1 aromatic rings. The third-order valence-electron chi connectivity index (χ3n) is 4.00. The van der Waals surface area contributed by atoms with Gasteiger partial charge in [-0.3, -0.25) is 4.79 Å². The van der Waals surface area contributed by atoms with Gasteiger partial charge in [-0.1, -0.05) is 28.7 Å². The fourth-order valence-electron chi connectivity index (χ4n) is 2.80. The van der Waals surface area contributed by atoms with Crippen molar-refractivity contribution in [1.29, 1.82) is 0 Å². The molecule has 6 heteroatoms. The molecule has 1 heterocycles. The van der Waals surface area contributed by atoms with Gasteiger partial charge in [-0.2, -0.15) is 4.39 Å². The second kappa shape index (κ2) is 4.29. The highest BCUT2D eigenvalue weighted by Crippen LogP contribution is 2.62. The summed E-state index contributed by atoms with van der Waals surface area (Å²) in [4.78, 5) is 11.3. The number of fused-ring (bicyclic) bond motifs is 1. The second-order valence-corrected chi connectivity index (χ2v) is 6.49. The summed E-state index contributed by atoms with van der Waals surface area (Å²) in [6.45, 7) is 0.262. The van der Waals surface area contributed by atoms with Gasteiger partial charge in [0.05, 0.1) is 6.61 Å². The van der Waals surface area contributed by atoms with Crippen LogP contribution in [0.5, 0.6) is 5.75 Å². The van der Waals surface area contributed by atoms with E-state index in [-0.39, 0.29) is 23.7 Å². The summed E-state index contributed by atoms with van der Waals surface area (Å²) >= 11 is 1.86. The summed E-state index contributed by atoms with van der Waals surface area (Å²) in [5.74, 6) is -3.37. The van der Waals surface area contributed by atoms with Crippen molar-refractivity contribution in [2.24, 2.45) is 5.41 Å². The summed E-state index contributed by atoms with van der Waals surface area (Å²) in [6, 6.07) is 2.49. The van der Waals surface area contributed by atoms with Crippen molar-refractivity contribution in [2.75, 3.05) is 6.61 Å². The first-order valence-corrected chi connectivity index (χ1v) is 7.18. The minimum Gasteiger partial charge on any atom is -0.489 e. The predicted octanol–water partition coefficient (Wildman–Crippen LogP) is 3.11. The Morgan fingerprint density at radius 2 is 2.16 bits per heavy atom. The second-order valence-electron chi connectivity index (χ2n) is 5.15. The van der Waals surface area contributed by atoms with Gasteiger partial charge in [-0.15, -0.1) is 0 Å². The lowest BCUT2D eigenvalue weighted by atomic mass is 9.79. The Labute approximate surface area is 122 Å². The van der Waals surface area contributed by atoms with Crippen LogP contribution in [0.4, 0.5) is 8.78 Å². The standard InChI is InChI=1S/C13H11F2IO3/c14-7-2-1-6-8(10(16)12(17)18)13(3-4-13)5-19-11(6)9(7)15/h1-2,8,10H,3-5H2,(H,17,18)/t8?,10-/m1/s1. The fraction of sp³-hybridized carbons (Fsp3) is 0.462. The molecule has 3 rings (SSSR count). The topological polar surface area (TPSA) is 46.5 Å². The summed E-state index contributed by atoms with van der Waals surface area (Å²) < 4.78 is 31.7. The molecule has 1 fully saturated rings. The summed E-state index contributed by atoms with van der Waals surface area (Å²) in [5.41, 5.74) is 0.256. The monoisotopic (exact) mass is 380 g/mol. The minimum absolute atomic E-state index is 0.120. The van der Waals surface area contributed by atoms with E-state index in [0.717, 1.165) is 18.9 Å². The van der Waals surface area contributed by atoms with Crippen molar-refractivity contribution >= 4 is 28.6 Å². The van der Waals surface area contributed by atoms with Gasteiger partial charge in [0, 0.05) is 16.9 Å². The Bertz CT molecular complexity index is 557. The van der Waals surface area contributed by atoms with Crippen LogP contribution in [0.2, 0.25) is 0 Å². The maximum Gasteiger partial charge on any atom is 0.317 e. The van der Waals surface area contributed by atoms with Crippen molar-refractivity contribution < 1.29 is 23.4 Å². The number of carboxylic acid groups (broad SMARTS) is 1. The molecule has 0 amide bonds. The van der Waals surface area contributed by atoms with E-state index in [1.165, 1.54) is 6.07 Å². The molecule has 1 spiro atoms. The molecule has 1 saturated carbocycles. The van der Waals surface area contributed by atoms with Crippen LogP contribution in [0.3, 0.4) is 0 Å². The van der Waals surface area contributed by atoms with Crippen LogP contribution in [-0.2, 0) is 4.79 Å². The first-order valence-electron chi connectivity index (χ1n) is 5.94. The van der Waals surface area contributed by atoms with E-state index in [1.807, 2.05) is 22.6 Å². The van der Waals surface area contributed by atoms with E-state index in [2.05, 4.69) is 0 Å². The van der Waals surface area contributed by atoms with Gasteiger partial charge in [-0.05, 0) is 18.9 Å². The zero-order chi connectivity index (χ0) is 13.8. The third-order valence-corrected chi connectivity index (χ3v) is 5.25. The Balaban J connectivity index is 2.12. The van der Waals surface area contributed by atoms with Gasteiger partial charge in [0.15, 0.2) is 11.6 Å². The van der Waals surface area contributed by atoms with Gasteiger partial charge in [0.2, 0.25) is 5.82 Å². The molecule has 1 aliphatic heterocycles. The Hall–Kier alpha value is -0.920. The van der Waals surface area contributed by atoms with Gasteiger partial charge in [0.25, 0.3) is 0 Å². The lowest BCUT2D eigenvalue weighted by Gasteiger charge is -2.35. The summed E-state index contributed by atoms with van der Waals surface area (Å²) in [6.07, 6.45) is 1.73. The van der Waals surface area contributed by atoms with Crippen LogP contribution in [-0.4, -0.2) is 21.6 Å². The van der Waals surface area contributed by atoms with Crippen LogP contribution < -0.4 is 4.74 Å². The molecule has 2 aliphatic rings. The van der Waals surface area contributed by atoms with Crippen LogP contribution in [0, 0.1) is 17.0 Å². The SMILES string of the molecule is O=C(O)[C@H](I)C1c2ccc(F)c(F)c2OCC12CC2. The zero-order valence-electron chi connectivity index (χ0n) is 9.83. The van der Waals surface area contributed by atoms with E-state index in [0.29, 0.717) is 5.56 Å². The van der Waals surface area contributed by atoms with Crippen LogP contribution >= 0.6 is 22.6 Å². The number of alkyl halides is 1. The molecule has 2 atom stereocenters. The Kier molecular flexibility index (Phi) is 2.95. The number of carboxylic acids is 1. The van der Waals surface area contributed by atoms with E-state index >= 15 is 0 Å². The average Bonchev–Trinajstić information content (AvgIpc) is 3.13. The highest BCUT2D eigenvalue weighted by atomic mass is 127. The highest BCUT2D eigenvalue weighted by Gasteiger charge is 2.57. The first kappa shape index (κ1) is 13.1. The highest BCUT2D eigenvalue weighted by molar-refractivity contribution is 14.1. The average molecular weight is 380 g/mol. The maximum atomic E-state index is 13.7. The number of aliphatic carboxylic acids is 1. The van der Waals surface area contributed by atoms with Gasteiger partial charge in [0.1, 0.15) is 3.92 Å². The predicted molar refractivity (Wildman–Crippen MR) is 71.7 cm³/mol. The summed E-state index contributed by atoms with van der Waals surface area (Å²) in [7, 11) is 0. The normalized spacial score (nSPS) is 24.5. The number of halogens is 3. The number of hydrogen-bond acceptors (Lipinski definition) is 2. The third kappa shape index (κ3) is 1.91. The molecule has 19 heavy (non-hydrogen) atoms. The van der Waals surface area contributed by atoms with Crippen LogP contribution in [0.25, 0.3) is 0 Å². The number of rotatable bonds is 2. The van der Waals surface area contributed by atoms with Crippen LogP contribution in [0.1, 0.15) is 24.3 Å². The van der Waals surface area contributed by atoms with E-state index in [1.54, 1.807) is 0 Å². The number of ether oxygens (including phenoxy) is 1. The van der Waals surface area contributed by atoms with Crippen molar-refractivity contribution in [3.63, 3.8) is 0 Å². The molecule has 1 N–H and O–H groups in total. The van der Waals surface area contributed by atoms with Gasteiger partial charge in [-0.25, -0.2) is 4.39 Å². The molecule has 1 aromatic carbocycles. The van der Waals surface area contributed by atoms with Gasteiger partial charge >= 0.3 is 5.97 Å². The van der Waals surface area contributed by atoms with Gasteiger partial charge < -0.3 is 9.84 Å². The molecule has 0 bridgehead atoms. The number of hydrogen-bond donors (Lipinski definition) is 1. The molecular weight excluding hydrogens is 369 g/mol. The fourth-order valence-corrected chi connectivity index (χ4v) is 3.95. The molecule has 1 unspecified atom stereocenters. The lowest BCUT2D eigenvalue weighted by molar-refractivity contribution is -0.136. The number of benzene rings is 1. The molecule has 0 aromatic heterocycles. The molecule has 1 aliphatic carbocycles. The van der Waals surface area contributed by atoms with E-state index in [9.17, 15) is 18.7 Å². The largest absolute Gasteiger partial charge is 0.489 e. The molecule has 0 radical (unpaired) electrons. The quantitative estimate of drug-likeness (QED) is 0.634. The lowest BCUT2D eigenvalue weighted by Crippen LogP contribution is -2.36. The zero-order valence-corrected chi connectivity index (χ0v) is 12.0. The first-order chi connectivity index (χ1) is 8.96. The van der Waals surface area contributed by atoms with Crippen molar-refractivity contribution in [1.82, 2.24) is 0 Å². The van der Waals surface area contributed by atoms with Crippen molar-refractivity contribution in [2.45, 2.75) is 22.7 Å². The van der Waals surface area contributed by atoms with Crippen molar-refractivity contribution in [3.05, 3.63) is 29.3 Å². The van der Waals surface area contributed by atoms with E-state index < -0.39 is 21.5 Å². The van der Waals surface area contributed by atoms with E-state index in [4.69, 9.17) is 4.74 Å². The Morgan fingerprint density at radius 3 is 2.74 bits per heavy atom. The Morgan fingerprint density at radius 1 is 1.47 bits per heavy atom. The molecule has 102 valence electrons. The molecular formula is C13H11F2IO3. The van der Waals surface area contributed by atoms with Crippen molar-refractivity contribution in [3.8, 4) is 5.75 Å².